The molecular weight excluding hydrogens is 394 g/mol. The van der Waals surface area contributed by atoms with Crippen LogP contribution < -0.4 is 10.5 Å². The summed E-state index contributed by atoms with van der Waals surface area (Å²) in [5.41, 5.74) is 7.83. The van der Waals surface area contributed by atoms with E-state index in [2.05, 4.69) is 21.8 Å². The third-order valence-electron chi connectivity index (χ3n) is 5.13. The predicted octanol–water partition coefficient (Wildman–Crippen LogP) is 1.81. The van der Waals surface area contributed by atoms with Crippen LogP contribution in [0.3, 0.4) is 0 Å². The molecule has 8 heteroatoms. The maximum absolute atomic E-state index is 9.93. The van der Waals surface area contributed by atoms with Gasteiger partial charge in [0, 0.05) is 11.6 Å². The second-order valence-corrected chi connectivity index (χ2v) is 7.50. The van der Waals surface area contributed by atoms with E-state index in [-0.39, 0.29) is 13.2 Å². The van der Waals surface area contributed by atoms with Crippen molar-refractivity contribution in [2.24, 2.45) is 5.73 Å². The van der Waals surface area contributed by atoms with E-state index in [1.165, 1.54) is 0 Å². The molecule has 2 saturated heterocycles. The predicted molar refractivity (Wildman–Crippen MR) is 107 cm³/mol. The molecule has 4 heterocycles. The Kier molecular flexibility index (Phi) is 4.46. The molecule has 0 unspecified atom stereocenters. The number of H-pyrrole nitrogens is 1. The van der Waals surface area contributed by atoms with Gasteiger partial charge in [-0.15, -0.1) is 0 Å². The molecule has 3 aromatic rings. The van der Waals surface area contributed by atoms with Crippen LogP contribution in [0.2, 0.25) is 5.02 Å². The lowest BCUT2D eigenvalue weighted by Crippen LogP contribution is -2.57. The number of aromatic amines is 1. The highest BCUT2D eigenvalue weighted by Crippen LogP contribution is 2.36. The first-order chi connectivity index (χ1) is 14.0. The van der Waals surface area contributed by atoms with Crippen LogP contribution >= 0.6 is 11.6 Å². The molecule has 2 fully saturated rings. The smallest absolute Gasteiger partial charge is 0.194 e. The molecule has 2 aliphatic rings. The van der Waals surface area contributed by atoms with Crippen molar-refractivity contribution in [3.05, 3.63) is 58.7 Å². The molecule has 0 bridgehead atoms. The standard InChI is InChI=1S/C21H18ClN3O4/c22-13-8-15-16(24-14(13)7-6-12-4-2-1-3-5-12)9-19(25-15)29-18-11-27-20-17(26)10-28-21(18,20)23/h1-5,8-9,17-18,20,25-26H,10-11,23H2/t17-,18-,20-,21-/m1/s1. The van der Waals surface area contributed by atoms with Crippen LogP contribution in [0.5, 0.6) is 5.88 Å². The number of aliphatic hydroxyl groups is 1. The molecule has 5 rings (SSSR count). The number of nitrogens with two attached hydrogens (primary N) is 1. The molecule has 0 saturated carbocycles. The molecule has 4 N–H and O–H groups in total. The third kappa shape index (κ3) is 3.25. The van der Waals surface area contributed by atoms with Crippen LogP contribution in [0.1, 0.15) is 11.3 Å². The van der Waals surface area contributed by atoms with Crippen molar-refractivity contribution in [3.8, 4) is 17.7 Å². The van der Waals surface area contributed by atoms with Crippen molar-refractivity contribution in [1.82, 2.24) is 9.97 Å². The summed E-state index contributed by atoms with van der Waals surface area (Å²) in [6.07, 6.45) is -1.93. The summed E-state index contributed by atoms with van der Waals surface area (Å²) < 4.78 is 17.1. The fourth-order valence-corrected chi connectivity index (χ4v) is 3.83. The Hall–Kier alpha value is -2.60. The number of aliphatic hydroxyl groups excluding tert-OH is 1. The zero-order valence-electron chi connectivity index (χ0n) is 15.3. The van der Waals surface area contributed by atoms with Crippen molar-refractivity contribution in [1.29, 1.82) is 0 Å². The van der Waals surface area contributed by atoms with Gasteiger partial charge in [-0.05, 0) is 24.1 Å². The zero-order chi connectivity index (χ0) is 20.0. The van der Waals surface area contributed by atoms with Crippen LogP contribution in [0.4, 0.5) is 0 Å². The quantitative estimate of drug-likeness (QED) is 0.556. The summed E-state index contributed by atoms with van der Waals surface area (Å²) in [5, 5.41) is 10.4. The summed E-state index contributed by atoms with van der Waals surface area (Å²) >= 11 is 6.35. The van der Waals surface area contributed by atoms with Crippen molar-refractivity contribution in [2.75, 3.05) is 13.2 Å². The SMILES string of the molecule is N[C@]12OC[C@@H](O)[C@H]1OC[C@H]2Oc1cc2nc(C#Cc3ccccc3)c(Cl)cc2[nH]1. The molecular formula is C21H18ClN3O4. The molecule has 7 nitrogen and oxygen atoms in total. The lowest BCUT2D eigenvalue weighted by Gasteiger charge is -2.27. The molecule has 0 aliphatic carbocycles. The average Bonchev–Trinajstić information content (AvgIpc) is 3.34. The number of nitrogens with one attached hydrogen (secondary N) is 1. The van der Waals surface area contributed by atoms with E-state index in [1.54, 1.807) is 12.1 Å². The van der Waals surface area contributed by atoms with Gasteiger partial charge >= 0.3 is 0 Å². The molecule has 4 atom stereocenters. The number of nitrogens with zero attached hydrogens (tertiary/aromatic N) is 1. The number of hydrogen-bond donors (Lipinski definition) is 3. The van der Waals surface area contributed by atoms with E-state index < -0.39 is 24.0 Å². The topological polar surface area (TPSA) is 103 Å². The van der Waals surface area contributed by atoms with Gasteiger partial charge in [-0.25, -0.2) is 4.98 Å². The summed E-state index contributed by atoms with van der Waals surface area (Å²) in [7, 11) is 0. The van der Waals surface area contributed by atoms with Crippen LogP contribution in [0.15, 0.2) is 42.5 Å². The number of ether oxygens (including phenoxy) is 3. The first kappa shape index (κ1) is 18.4. The van der Waals surface area contributed by atoms with E-state index >= 15 is 0 Å². The van der Waals surface area contributed by atoms with E-state index in [0.29, 0.717) is 27.6 Å². The number of benzene rings is 1. The minimum atomic E-state index is -1.19. The Morgan fingerprint density at radius 3 is 2.90 bits per heavy atom. The Labute approximate surface area is 171 Å². The van der Waals surface area contributed by atoms with E-state index in [9.17, 15) is 5.11 Å². The van der Waals surface area contributed by atoms with Crippen molar-refractivity contribution < 1.29 is 19.3 Å². The van der Waals surface area contributed by atoms with Crippen LogP contribution in [-0.2, 0) is 9.47 Å². The van der Waals surface area contributed by atoms with Crippen LogP contribution in [0, 0.1) is 11.8 Å². The van der Waals surface area contributed by atoms with Gasteiger partial charge in [0.05, 0.1) is 29.3 Å². The first-order valence-electron chi connectivity index (χ1n) is 9.18. The van der Waals surface area contributed by atoms with E-state index in [4.69, 9.17) is 31.5 Å². The van der Waals surface area contributed by atoms with E-state index in [1.807, 2.05) is 30.3 Å². The molecule has 1 aromatic carbocycles. The third-order valence-corrected chi connectivity index (χ3v) is 5.42. The largest absolute Gasteiger partial charge is 0.468 e. The number of halogens is 1. The van der Waals surface area contributed by atoms with Gasteiger partial charge < -0.3 is 24.3 Å². The summed E-state index contributed by atoms with van der Waals surface area (Å²) in [5.74, 6) is 6.52. The Balaban J connectivity index is 1.41. The number of fused-ring (bicyclic) bond motifs is 2. The summed E-state index contributed by atoms with van der Waals surface area (Å²) in [6.45, 7) is 0.337. The second kappa shape index (κ2) is 7.02. The molecule has 2 aromatic heterocycles. The molecule has 148 valence electrons. The van der Waals surface area contributed by atoms with Crippen LogP contribution in [0.25, 0.3) is 11.0 Å². The van der Waals surface area contributed by atoms with Gasteiger partial charge in [-0.1, -0.05) is 35.7 Å². The first-order valence-corrected chi connectivity index (χ1v) is 9.56. The van der Waals surface area contributed by atoms with Crippen LogP contribution in [-0.4, -0.2) is 52.3 Å². The maximum atomic E-state index is 9.93. The highest BCUT2D eigenvalue weighted by Gasteiger charge is 2.59. The normalized spacial score (nSPS) is 28.2. The Morgan fingerprint density at radius 1 is 1.24 bits per heavy atom. The van der Waals surface area contributed by atoms with Crippen molar-refractivity contribution >= 4 is 22.6 Å². The number of hydrogen-bond acceptors (Lipinski definition) is 6. The lowest BCUT2D eigenvalue weighted by atomic mass is 10.0. The second-order valence-electron chi connectivity index (χ2n) is 7.09. The van der Waals surface area contributed by atoms with Gasteiger partial charge in [0.1, 0.15) is 17.9 Å². The fourth-order valence-electron chi connectivity index (χ4n) is 3.63. The van der Waals surface area contributed by atoms with Gasteiger partial charge in [0.25, 0.3) is 0 Å². The van der Waals surface area contributed by atoms with Gasteiger partial charge in [0.15, 0.2) is 17.7 Å². The Bertz CT molecular complexity index is 1120. The minimum Gasteiger partial charge on any atom is -0.468 e. The average molecular weight is 412 g/mol. The number of aromatic nitrogens is 2. The molecule has 0 amide bonds. The van der Waals surface area contributed by atoms with E-state index in [0.717, 1.165) is 5.56 Å². The molecule has 29 heavy (non-hydrogen) atoms. The minimum absolute atomic E-state index is 0.119. The summed E-state index contributed by atoms with van der Waals surface area (Å²) in [6, 6.07) is 13.1. The summed E-state index contributed by atoms with van der Waals surface area (Å²) in [4.78, 5) is 7.66. The fraction of sp³-hybridized carbons (Fsp3) is 0.286. The monoisotopic (exact) mass is 411 g/mol. The van der Waals surface area contributed by atoms with Crippen molar-refractivity contribution in [3.63, 3.8) is 0 Å². The highest BCUT2D eigenvalue weighted by atomic mass is 35.5. The van der Waals surface area contributed by atoms with Gasteiger partial charge in [-0.3, -0.25) is 5.73 Å². The maximum Gasteiger partial charge on any atom is 0.194 e. The lowest BCUT2D eigenvalue weighted by molar-refractivity contribution is -0.0637. The number of pyridine rings is 1. The highest BCUT2D eigenvalue weighted by molar-refractivity contribution is 6.32. The molecule has 0 spiro atoms. The van der Waals surface area contributed by atoms with Gasteiger partial charge in [0.2, 0.25) is 0 Å². The zero-order valence-corrected chi connectivity index (χ0v) is 16.0. The Morgan fingerprint density at radius 2 is 2.07 bits per heavy atom. The number of rotatable bonds is 2. The molecule has 0 radical (unpaired) electrons. The van der Waals surface area contributed by atoms with Crippen molar-refractivity contribution in [2.45, 2.75) is 24.0 Å². The molecule has 2 aliphatic heterocycles. The van der Waals surface area contributed by atoms with Gasteiger partial charge in [-0.2, -0.15) is 0 Å².